The quantitative estimate of drug-likeness (QED) is 0.368. The lowest BCUT2D eigenvalue weighted by Gasteiger charge is -2.15. The monoisotopic (exact) mass is 290 g/mol. The van der Waals surface area contributed by atoms with Crippen LogP contribution in [0.3, 0.4) is 0 Å². The lowest BCUT2D eigenvalue weighted by molar-refractivity contribution is -0.384. The number of nitro benzene ring substituents is 1. The second kappa shape index (κ2) is 7.05. The number of carbonyl (C=O) groups is 2. The summed E-state index contributed by atoms with van der Waals surface area (Å²) in [5.41, 5.74) is -0.183. The number of nitro groups is 1. The van der Waals surface area contributed by atoms with Crippen LogP contribution >= 0.6 is 0 Å². The number of nitrogens with one attached hydrogen (secondary N) is 1. The summed E-state index contributed by atoms with van der Waals surface area (Å²) in [6.45, 7) is 2.80. The van der Waals surface area contributed by atoms with Crippen molar-refractivity contribution in [3.8, 4) is 18.1 Å². The zero-order chi connectivity index (χ0) is 16.0. The van der Waals surface area contributed by atoms with Gasteiger partial charge in [0.05, 0.1) is 17.0 Å². The van der Waals surface area contributed by atoms with Gasteiger partial charge in [0.25, 0.3) is 11.6 Å². The number of terminal acetylenes is 1. The standard InChI is InChI=1S/C14H14N2O5/c1-4-7-15-14(18)10(3)21-13-6-5-11(16(19)20)8-12(13)9(2)17/h1,5-6,8,10H,7H2,2-3H3,(H,15,18). The molecule has 1 rings (SSSR count). The molecule has 1 N–H and O–H groups in total. The smallest absolute Gasteiger partial charge is 0.270 e. The van der Waals surface area contributed by atoms with Gasteiger partial charge in [-0.25, -0.2) is 0 Å². The normalized spacial score (nSPS) is 11.1. The summed E-state index contributed by atoms with van der Waals surface area (Å²) in [4.78, 5) is 33.3. The maximum Gasteiger partial charge on any atom is 0.270 e. The highest BCUT2D eigenvalue weighted by atomic mass is 16.6. The molecule has 7 heteroatoms. The average molecular weight is 290 g/mol. The van der Waals surface area contributed by atoms with Gasteiger partial charge in [0.15, 0.2) is 11.9 Å². The van der Waals surface area contributed by atoms with Crippen LogP contribution in [0.25, 0.3) is 0 Å². The molecule has 0 spiro atoms. The van der Waals surface area contributed by atoms with Crippen molar-refractivity contribution >= 4 is 17.4 Å². The van der Waals surface area contributed by atoms with Crippen LogP contribution in [0, 0.1) is 22.5 Å². The van der Waals surface area contributed by atoms with E-state index >= 15 is 0 Å². The van der Waals surface area contributed by atoms with Gasteiger partial charge in [-0.15, -0.1) is 6.42 Å². The fraction of sp³-hybridized carbons (Fsp3) is 0.286. The van der Waals surface area contributed by atoms with E-state index in [1.807, 2.05) is 0 Å². The highest BCUT2D eigenvalue weighted by Gasteiger charge is 2.19. The van der Waals surface area contributed by atoms with Gasteiger partial charge in [0, 0.05) is 12.1 Å². The van der Waals surface area contributed by atoms with Crippen LogP contribution in [0.15, 0.2) is 18.2 Å². The first-order valence-electron chi connectivity index (χ1n) is 6.04. The van der Waals surface area contributed by atoms with Crippen LogP contribution in [0.1, 0.15) is 24.2 Å². The van der Waals surface area contributed by atoms with E-state index in [-0.39, 0.29) is 23.5 Å². The Hall–Kier alpha value is -2.88. The van der Waals surface area contributed by atoms with Gasteiger partial charge < -0.3 is 10.1 Å². The number of hydrogen-bond acceptors (Lipinski definition) is 5. The SMILES string of the molecule is C#CCNC(=O)C(C)Oc1ccc([N+](=O)[O-])cc1C(C)=O. The molecule has 0 aliphatic carbocycles. The molecule has 0 saturated heterocycles. The Balaban J connectivity index is 2.97. The first kappa shape index (κ1) is 16.2. The molecule has 1 aromatic carbocycles. The Morgan fingerprint density at radius 2 is 2.19 bits per heavy atom. The maximum atomic E-state index is 11.6. The molecule has 1 unspecified atom stereocenters. The minimum atomic E-state index is -0.891. The van der Waals surface area contributed by atoms with Crippen molar-refractivity contribution in [3.05, 3.63) is 33.9 Å². The molecule has 1 atom stereocenters. The molecule has 0 aliphatic rings. The van der Waals surface area contributed by atoms with E-state index in [1.54, 1.807) is 0 Å². The summed E-state index contributed by atoms with van der Waals surface area (Å²) in [7, 11) is 0. The van der Waals surface area contributed by atoms with Crippen molar-refractivity contribution in [1.82, 2.24) is 5.32 Å². The molecule has 7 nitrogen and oxygen atoms in total. The van der Waals surface area contributed by atoms with Gasteiger partial charge in [-0.2, -0.15) is 0 Å². The van der Waals surface area contributed by atoms with Crippen molar-refractivity contribution in [3.63, 3.8) is 0 Å². The Bertz CT molecular complexity index is 618. The molecule has 0 aromatic heterocycles. The summed E-state index contributed by atoms with van der Waals surface area (Å²) in [5, 5.41) is 13.1. The van der Waals surface area contributed by atoms with Crippen LogP contribution in [0.2, 0.25) is 0 Å². The first-order valence-corrected chi connectivity index (χ1v) is 6.04. The van der Waals surface area contributed by atoms with Gasteiger partial charge in [0.1, 0.15) is 5.75 Å². The van der Waals surface area contributed by atoms with Crippen LogP contribution in [0.5, 0.6) is 5.75 Å². The third-order valence-corrected chi connectivity index (χ3v) is 2.59. The van der Waals surface area contributed by atoms with Gasteiger partial charge in [-0.05, 0) is 19.9 Å². The zero-order valence-corrected chi connectivity index (χ0v) is 11.6. The van der Waals surface area contributed by atoms with Crippen molar-refractivity contribution in [2.45, 2.75) is 20.0 Å². The Morgan fingerprint density at radius 1 is 1.52 bits per heavy atom. The highest BCUT2D eigenvalue weighted by molar-refractivity contribution is 5.97. The predicted octanol–water partition coefficient (Wildman–Crippen LogP) is 1.31. The molecule has 0 heterocycles. The summed E-state index contributed by atoms with van der Waals surface area (Å²) >= 11 is 0. The average Bonchev–Trinajstić information content (AvgIpc) is 2.44. The molecule has 0 bridgehead atoms. The van der Waals surface area contributed by atoms with Crippen molar-refractivity contribution in [2.24, 2.45) is 0 Å². The van der Waals surface area contributed by atoms with E-state index in [9.17, 15) is 19.7 Å². The summed E-state index contributed by atoms with van der Waals surface area (Å²) in [6.07, 6.45) is 4.13. The van der Waals surface area contributed by atoms with Gasteiger partial charge in [-0.3, -0.25) is 19.7 Å². The molecule has 21 heavy (non-hydrogen) atoms. The number of Topliss-reactive ketones (excluding diaryl/α,β-unsaturated/α-hetero) is 1. The number of rotatable bonds is 6. The van der Waals surface area contributed by atoms with Gasteiger partial charge >= 0.3 is 0 Å². The van der Waals surface area contributed by atoms with E-state index in [4.69, 9.17) is 11.2 Å². The minimum Gasteiger partial charge on any atom is -0.480 e. The lowest BCUT2D eigenvalue weighted by Crippen LogP contribution is -2.36. The fourth-order valence-electron chi connectivity index (χ4n) is 1.54. The number of nitrogens with zero attached hydrogens (tertiary/aromatic N) is 1. The number of amides is 1. The Morgan fingerprint density at radius 3 is 2.71 bits per heavy atom. The summed E-state index contributed by atoms with van der Waals surface area (Å²) < 4.78 is 5.38. The first-order chi connectivity index (χ1) is 9.86. The molecule has 0 fully saturated rings. The van der Waals surface area contributed by atoms with Crippen molar-refractivity contribution < 1.29 is 19.2 Å². The number of ketones is 1. The summed E-state index contributed by atoms with van der Waals surface area (Å²) in [5.74, 6) is 1.52. The summed E-state index contributed by atoms with van der Waals surface area (Å²) in [6, 6.07) is 3.61. The van der Waals surface area contributed by atoms with E-state index in [0.717, 1.165) is 6.07 Å². The van der Waals surface area contributed by atoms with E-state index in [0.29, 0.717) is 0 Å². The van der Waals surface area contributed by atoms with Crippen molar-refractivity contribution in [1.29, 1.82) is 0 Å². The van der Waals surface area contributed by atoms with Crippen LogP contribution < -0.4 is 10.1 Å². The minimum absolute atomic E-state index is 0.0424. The molecular formula is C14H14N2O5. The van der Waals surface area contributed by atoms with Crippen LogP contribution in [0.4, 0.5) is 5.69 Å². The largest absolute Gasteiger partial charge is 0.480 e. The molecule has 0 saturated carbocycles. The molecule has 1 aromatic rings. The topological polar surface area (TPSA) is 98.5 Å². The Labute approximate surface area is 121 Å². The second-order valence-corrected chi connectivity index (χ2v) is 4.18. The highest BCUT2D eigenvalue weighted by Crippen LogP contribution is 2.25. The Kier molecular flexibility index (Phi) is 5.43. The molecule has 1 amide bonds. The number of non-ortho nitro benzene ring substituents is 1. The van der Waals surface area contributed by atoms with E-state index in [2.05, 4.69) is 11.2 Å². The number of hydrogen-bond donors (Lipinski definition) is 1. The van der Waals surface area contributed by atoms with Gasteiger partial charge in [0.2, 0.25) is 0 Å². The molecular weight excluding hydrogens is 276 g/mol. The van der Waals surface area contributed by atoms with Crippen LogP contribution in [-0.2, 0) is 4.79 Å². The lowest BCUT2D eigenvalue weighted by atomic mass is 10.1. The second-order valence-electron chi connectivity index (χ2n) is 4.18. The number of ether oxygens (including phenoxy) is 1. The molecule has 0 aliphatic heterocycles. The molecule has 110 valence electrons. The maximum absolute atomic E-state index is 11.6. The fourth-order valence-corrected chi connectivity index (χ4v) is 1.54. The zero-order valence-electron chi connectivity index (χ0n) is 11.6. The molecule has 0 radical (unpaired) electrons. The van der Waals surface area contributed by atoms with Gasteiger partial charge in [-0.1, -0.05) is 5.92 Å². The number of carbonyl (C=O) groups excluding carboxylic acids is 2. The third kappa shape index (κ3) is 4.31. The van der Waals surface area contributed by atoms with Crippen molar-refractivity contribution in [2.75, 3.05) is 6.54 Å². The van der Waals surface area contributed by atoms with E-state index in [1.165, 1.54) is 26.0 Å². The predicted molar refractivity (Wildman–Crippen MR) is 75.0 cm³/mol. The van der Waals surface area contributed by atoms with E-state index < -0.39 is 22.7 Å². The third-order valence-electron chi connectivity index (χ3n) is 2.59. The number of benzene rings is 1. The van der Waals surface area contributed by atoms with Crippen LogP contribution in [-0.4, -0.2) is 29.3 Å².